The summed E-state index contributed by atoms with van der Waals surface area (Å²) in [6, 6.07) is 15.3. The number of benzene rings is 2. The minimum atomic E-state index is -1.15. The maximum atomic E-state index is 13.8. The van der Waals surface area contributed by atoms with Crippen LogP contribution in [-0.4, -0.2) is 106 Å². The first-order valence-electron chi connectivity index (χ1n) is 18.8. The molecule has 5 heterocycles. The third kappa shape index (κ3) is 7.66. The summed E-state index contributed by atoms with van der Waals surface area (Å²) in [5.41, 5.74) is 4.59. The third-order valence-electron chi connectivity index (χ3n) is 10.9. The van der Waals surface area contributed by atoms with Crippen molar-refractivity contribution >= 4 is 24.0 Å². The number of methoxy groups -OCH3 is 2. The van der Waals surface area contributed by atoms with Gasteiger partial charge in [0.05, 0.1) is 56.7 Å². The first-order valence-corrected chi connectivity index (χ1v) is 18.8. The van der Waals surface area contributed by atoms with Crippen molar-refractivity contribution < 1.29 is 33.4 Å². The van der Waals surface area contributed by atoms with Crippen LogP contribution in [0.25, 0.3) is 33.6 Å². The number of nitrogens with zero attached hydrogens (tertiary/aromatic N) is 4. The fraction of sp³-hybridized carbons (Fsp3) is 0.450. The summed E-state index contributed by atoms with van der Waals surface area (Å²) in [6.07, 6.45) is 5.91. The van der Waals surface area contributed by atoms with Gasteiger partial charge in [-0.3, -0.25) is 9.59 Å². The maximum Gasteiger partial charge on any atom is 0.407 e. The predicted octanol–water partition coefficient (Wildman–Crippen LogP) is 5.36. The molecule has 4 unspecified atom stereocenters. The minimum Gasteiger partial charge on any atom is -0.453 e. The second-order valence-corrected chi connectivity index (χ2v) is 14.7. The topological polar surface area (TPSA) is 184 Å². The average molecular weight is 753 g/mol. The molecule has 3 saturated heterocycles. The molecule has 3 aliphatic heterocycles. The second kappa shape index (κ2) is 16.0. The van der Waals surface area contributed by atoms with Crippen LogP contribution in [0.1, 0.15) is 69.7 Å². The number of carbonyl (C=O) groups is 4. The number of nitrogens with one attached hydrogen (secondary N) is 4. The number of carbonyl (C=O) groups excluding carboxylic acids is 4. The van der Waals surface area contributed by atoms with Crippen molar-refractivity contribution in [3.63, 3.8) is 0 Å². The Morgan fingerprint density at radius 2 is 1.29 bits per heavy atom. The van der Waals surface area contributed by atoms with Crippen molar-refractivity contribution in [1.29, 1.82) is 0 Å². The van der Waals surface area contributed by atoms with Gasteiger partial charge in [-0.25, -0.2) is 19.6 Å². The van der Waals surface area contributed by atoms with Crippen molar-refractivity contribution in [3.05, 3.63) is 72.6 Å². The largest absolute Gasteiger partial charge is 0.453 e. The molecule has 4 aromatic rings. The van der Waals surface area contributed by atoms with E-state index < -0.39 is 23.8 Å². The molecule has 0 saturated carbocycles. The van der Waals surface area contributed by atoms with Gasteiger partial charge in [-0.2, -0.15) is 0 Å². The zero-order chi connectivity index (χ0) is 38.7. The van der Waals surface area contributed by atoms with E-state index >= 15 is 0 Å². The summed E-state index contributed by atoms with van der Waals surface area (Å²) >= 11 is 0. The number of aromatic nitrogens is 4. The number of imidazole rings is 2. The van der Waals surface area contributed by atoms with E-state index in [0.29, 0.717) is 31.9 Å². The van der Waals surface area contributed by atoms with Gasteiger partial charge in [0.1, 0.15) is 23.2 Å². The number of likely N-dealkylation sites (tertiary alicyclic amines) is 2. The molecule has 4 atom stereocenters. The highest BCUT2D eigenvalue weighted by Gasteiger charge is 2.49. The fourth-order valence-electron chi connectivity index (χ4n) is 7.88. The molecule has 290 valence electrons. The fourth-order valence-corrected chi connectivity index (χ4v) is 7.88. The van der Waals surface area contributed by atoms with Crippen LogP contribution in [0.2, 0.25) is 0 Å². The molecule has 7 rings (SSSR count). The Bertz CT molecular complexity index is 2000. The molecule has 0 aliphatic carbocycles. The van der Waals surface area contributed by atoms with Gasteiger partial charge in [0.15, 0.2) is 0 Å². The molecule has 0 spiro atoms. The van der Waals surface area contributed by atoms with Crippen LogP contribution in [0, 0.1) is 5.92 Å². The number of amides is 4. The number of hydrogen-bond acceptors (Lipinski definition) is 9. The van der Waals surface area contributed by atoms with Crippen molar-refractivity contribution in [2.75, 3.05) is 40.5 Å². The zero-order valence-corrected chi connectivity index (χ0v) is 31.6. The molecular formula is C40H48N8O7. The lowest BCUT2D eigenvalue weighted by molar-refractivity contribution is -0.139. The van der Waals surface area contributed by atoms with Gasteiger partial charge >= 0.3 is 12.2 Å². The Balaban J connectivity index is 1.00. The highest BCUT2D eigenvalue weighted by molar-refractivity contribution is 5.91. The lowest BCUT2D eigenvalue weighted by Crippen LogP contribution is -2.60. The average Bonchev–Trinajstić information content (AvgIpc) is 4.06. The number of ether oxygens (including phenoxy) is 3. The molecule has 2 aromatic heterocycles. The molecule has 2 aromatic carbocycles. The summed E-state index contributed by atoms with van der Waals surface area (Å²) in [5.74, 6) is 0.995. The van der Waals surface area contributed by atoms with E-state index in [-0.39, 0.29) is 36.4 Å². The first-order chi connectivity index (χ1) is 26.6. The van der Waals surface area contributed by atoms with Crippen molar-refractivity contribution in [2.24, 2.45) is 5.92 Å². The lowest BCUT2D eigenvalue weighted by atomic mass is 9.96. The predicted molar refractivity (Wildman–Crippen MR) is 202 cm³/mol. The second-order valence-electron chi connectivity index (χ2n) is 14.7. The Morgan fingerprint density at radius 1 is 0.782 bits per heavy atom. The van der Waals surface area contributed by atoms with Gasteiger partial charge in [0.25, 0.3) is 5.91 Å². The summed E-state index contributed by atoms with van der Waals surface area (Å²) in [4.78, 5) is 71.2. The van der Waals surface area contributed by atoms with E-state index in [1.54, 1.807) is 22.2 Å². The highest BCUT2D eigenvalue weighted by atomic mass is 16.5. The minimum absolute atomic E-state index is 0.105. The molecule has 0 bridgehead atoms. The van der Waals surface area contributed by atoms with Crippen LogP contribution < -0.4 is 10.6 Å². The van der Waals surface area contributed by atoms with E-state index in [9.17, 15) is 19.2 Å². The van der Waals surface area contributed by atoms with E-state index in [2.05, 4.69) is 54.8 Å². The van der Waals surface area contributed by atoms with Crippen LogP contribution in [0.4, 0.5) is 9.59 Å². The molecule has 0 radical (unpaired) electrons. The van der Waals surface area contributed by atoms with Gasteiger partial charge in [-0.15, -0.1) is 0 Å². The standard InChI is InChI=1S/C40H48N8O7/c1-24(2)33(45-38(51)53-3)36(49)47-18-5-7-31(47)34-41-21-29(43-34)27-13-9-25(10-14-27)26-11-15-28(16-12-26)30-22-42-35(44-30)32-8-6-19-48(32)37(50)40(17-20-55-23-40)46-39(52)54-4/h9-16,21-22,24,31-33H,5-8,17-20,23H2,1-4H3,(H,41,43)(H,42,44)(H,45,51)(H,46,52). The van der Waals surface area contributed by atoms with E-state index in [1.165, 1.54) is 14.2 Å². The smallest absolute Gasteiger partial charge is 0.407 e. The Hall–Kier alpha value is -5.70. The van der Waals surface area contributed by atoms with Crippen LogP contribution in [0.5, 0.6) is 0 Å². The number of rotatable bonds is 10. The molecular weight excluding hydrogens is 704 g/mol. The van der Waals surface area contributed by atoms with Gasteiger partial charge in [0.2, 0.25) is 5.91 Å². The zero-order valence-electron chi connectivity index (χ0n) is 31.6. The summed E-state index contributed by atoms with van der Waals surface area (Å²) in [6.45, 7) is 5.44. The van der Waals surface area contributed by atoms with Crippen molar-refractivity contribution in [3.8, 4) is 33.6 Å². The molecule has 4 amide bonds. The number of alkyl carbamates (subject to hydrolysis) is 2. The Kier molecular flexibility index (Phi) is 10.9. The molecule has 4 N–H and O–H groups in total. The van der Waals surface area contributed by atoms with Crippen LogP contribution in [-0.2, 0) is 23.8 Å². The van der Waals surface area contributed by atoms with Crippen LogP contribution in [0.3, 0.4) is 0 Å². The summed E-state index contributed by atoms with van der Waals surface area (Å²) in [5, 5.41) is 5.43. The first kappa shape index (κ1) is 37.6. The molecule has 15 heteroatoms. The van der Waals surface area contributed by atoms with Gasteiger partial charge in [-0.05, 0) is 53.9 Å². The van der Waals surface area contributed by atoms with Gasteiger partial charge in [0, 0.05) is 26.1 Å². The van der Waals surface area contributed by atoms with Crippen molar-refractivity contribution in [2.45, 2.75) is 69.6 Å². The highest BCUT2D eigenvalue weighted by Crippen LogP contribution is 2.36. The SMILES string of the molecule is COC(=O)NC(C(=O)N1CCCC1c1ncc(-c2ccc(-c3ccc(-c4cnc(C5CCCN5C(=O)C5(NC(=O)OC)CCOC5)[nH]4)cc3)cc2)[nH]1)C(C)C. The molecule has 15 nitrogen and oxygen atoms in total. The maximum absolute atomic E-state index is 13.8. The number of aromatic amines is 2. The monoisotopic (exact) mass is 752 g/mol. The summed E-state index contributed by atoms with van der Waals surface area (Å²) < 4.78 is 15.1. The van der Waals surface area contributed by atoms with Crippen LogP contribution in [0.15, 0.2) is 60.9 Å². The Labute approximate surface area is 319 Å². The quantitative estimate of drug-likeness (QED) is 0.166. The van der Waals surface area contributed by atoms with Crippen molar-refractivity contribution in [1.82, 2.24) is 40.4 Å². The van der Waals surface area contributed by atoms with Crippen LogP contribution >= 0.6 is 0 Å². The van der Waals surface area contributed by atoms with E-state index in [0.717, 1.165) is 65.1 Å². The lowest BCUT2D eigenvalue weighted by Gasteiger charge is -2.34. The molecule has 55 heavy (non-hydrogen) atoms. The summed E-state index contributed by atoms with van der Waals surface area (Å²) in [7, 11) is 2.57. The number of hydrogen-bond donors (Lipinski definition) is 4. The van der Waals surface area contributed by atoms with Gasteiger partial charge in [-0.1, -0.05) is 62.4 Å². The Morgan fingerprint density at radius 3 is 1.78 bits per heavy atom. The normalized spacial score (nSPS) is 21.5. The third-order valence-corrected chi connectivity index (χ3v) is 10.9. The van der Waals surface area contributed by atoms with E-state index in [4.69, 9.17) is 14.2 Å². The van der Waals surface area contributed by atoms with E-state index in [1.807, 2.05) is 38.1 Å². The molecule has 3 aliphatic rings. The van der Waals surface area contributed by atoms with Gasteiger partial charge < -0.3 is 44.6 Å². The molecule has 3 fully saturated rings. The number of H-pyrrole nitrogens is 2.